The average molecular weight is 398 g/mol. The number of halogens is 1. The van der Waals surface area contributed by atoms with Crippen molar-refractivity contribution in [3.8, 4) is 5.88 Å². The van der Waals surface area contributed by atoms with Crippen molar-refractivity contribution < 1.29 is 18.7 Å². The number of nitrogens with one attached hydrogen (secondary N) is 1. The number of carbonyl (C=O) groups is 2. The summed E-state index contributed by atoms with van der Waals surface area (Å²) < 4.78 is 19.5. The highest BCUT2D eigenvalue weighted by atomic mass is 19.1. The minimum absolute atomic E-state index is 0.211. The van der Waals surface area contributed by atoms with E-state index in [0.29, 0.717) is 49.1 Å². The van der Waals surface area contributed by atoms with Gasteiger partial charge >= 0.3 is 6.03 Å². The molecule has 3 aromatic rings. The smallest absolute Gasteiger partial charge is 0.321 e. The van der Waals surface area contributed by atoms with Gasteiger partial charge in [-0.2, -0.15) is 0 Å². The number of amides is 3. The molecular weight excluding hydrogens is 379 g/mol. The molecule has 3 amide bonds. The number of anilines is 1. The molecule has 29 heavy (non-hydrogen) atoms. The maximum Gasteiger partial charge on any atom is 0.321 e. The molecule has 0 atom stereocenters. The maximum absolute atomic E-state index is 13.0. The second-order valence-corrected chi connectivity index (χ2v) is 6.51. The molecule has 2 aromatic heterocycles. The molecule has 150 valence electrons. The van der Waals surface area contributed by atoms with Crippen molar-refractivity contribution in [2.24, 2.45) is 0 Å². The standard InChI is InChI=1S/C19H19FN6O3/c1-29-17-7-6-16-21-12-15(26(16)23-17)18(27)24-8-10-25(11-9-24)19(28)22-14-4-2-13(20)3-5-14/h2-7,12H,8-11H2,1H3,(H,22,28). The van der Waals surface area contributed by atoms with Crippen LogP contribution in [0, 0.1) is 5.82 Å². The van der Waals surface area contributed by atoms with Crippen LogP contribution in [0.1, 0.15) is 10.5 Å². The fourth-order valence-corrected chi connectivity index (χ4v) is 3.12. The zero-order valence-electron chi connectivity index (χ0n) is 15.7. The highest BCUT2D eigenvalue weighted by Gasteiger charge is 2.27. The predicted molar refractivity (Wildman–Crippen MR) is 102 cm³/mol. The number of aromatic nitrogens is 3. The van der Waals surface area contributed by atoms with Crippen LogP contribution in [0.4, 0.5) is 14.9 Å². The summed E-state index contributed by atoms with van der Waals surface area (Å²) in [5.41, 5.74) is 1.40. The number of ether oxygens (including phenoxy) is 1. The Balaban J connectivity index is 1.39. The van der Waals surface area contributed by atoms with Crippen LogP contribution < -0.4 is 10.1 Å². The third kappa shape index (κ3) is 3.82. The molecule has 0 unspecified atom stereocenters. The lowest BCUT2D eigenvalue weighted by molar-refractivity contribution is 0.0663. The molecule has 1 fully saturated rings. The van der Waals surface area contributed by atoms with Gasteiger partial charge in [0.15, 0.2) is 11.3 Å². The number of rotatable bonds is 3. The van der Waals surface area contributed by atoms with Crippen molar-refractivity contribution >= 4 is 23.3 Å². The van der Waals surface area contributed by atoms with Crippen molar-refractivity contribution in [1.29, 1.82) is 0 Å². The second-order valence-electron chi connectivity index (χ2n) is 6.51. The largest absolute Gasteiger partial charge is 0.480 e. The van der Waals surface area contributed by atoms with E-state index in [0.717, 1.165) is 0 Å². The van der Waals surface area contributed by atoms with E-state index < -0.39 is 0 Å². The second kappa shape index (κ2) is 7.74. The number of fused-ring (bicyclic) bond motifs is 1. The Bertz CT molecular complexity index is 1040. The molecule has 1 aliphatic heterocycles. The maximum atomic E-state index is 13.0. The number of piperazine rings is 1. The van der Waals surface area contributed by atoms with Gasteiger partial charge in [-0.05, 0) is 30.3 Å². The van der Waals surface area contributed by atoms with Crippen molar-refractivity contribution in [3.63, 3.8) is 0 Å². The third-order valence-corrected chi connectivity index (χ3v) is 4.72. The van der Waals surface area contributed by atoms with E-state index in [4.69, 9.17) is 4.74 Å². The molecule has 1 N–H and O–H groups in total. The van der Waals surface area contributed by atoms with E-state index in [1.165, 1.54) is 42.1 Å². The van der Waals surface area contributed by atoms with Gasteiger partial charge in [0, 0.05) is 37.9 Å². The minimum atomic E-state index is -0.366. The van der Waals surface area contributed by atoms with E-state index in [1.54, 1.807) is 21.9 Å². The highest BCUT2D eigenvalue weighted by molar-refractivity contribution is 5.93. The molecular formula is C19H19FN6O3. The molecule has 1 saturated heterocycles. The summed E-state index contributed by atoms with van der Waals surface area (Å²) >= 11 is 0. The van der Waals surface area contributed by atoms with Crippen LogP contribution in [0.25, 0.3) is 5.65 Å². The Labute approximate surface area is 165 Å². The first-order valence-corrected chi connectivity index (χ1v) is 9.05. The van der Waals surface area contributed by atoms with Crippen LogP contribution in [0.15, 0.2) is 42.6 Å². The van der Waals surface area contributed by atoms with Gasteiger partial charge in [0.2, 0.25) is 5.88 Å². The lowest BCUT2D eigenvalue weighted by Gasteiger charge is -2.34. The summed E-state index contributed by atoms with van der Waals surface area (Å²) in [6.07, 6.45) is 1.48. The first-order valence-electron chi connectivity index (χ1n) is 9.05. The third-order valence-electron chi connectivity index (χ3n) is 4.72. The summed E-state index contributed by atoms with van der Waals surface area (Å²) in [4.78, 5) is 32.8. The Hall–Kier alpha value is -3.69. The number of nitrogens with zero attached hydrogens (tertiary/aromatic N) is 5. The first kappa shape index (κ1) is 18.7. The van der Waals surface area contributed by atoms with Gasteiger partial charge in [-0.25, -0.2) is 18.7 Å². The van der Waals surface area contributed by atoms with Gasteiger partial charge in [-0.15, -0.1) is 5.10 Å². The number of hydrogen-bond acceptors (Lipinski definition) is 5. The van der Waals surface area contributed by atoms with Crippen molar-refractivity contribution in [2.45, 2.75) is 0 Å². The molecule has 0 spiro atoms. The fourth-order valence-electron chi connectivity index (χ4n) is 3.12. The summed E-state index contributed by atoms with van der Waals surface area (Å²) in [5.74, 6) is -0.196. The fraction of sp³-hybridized carbons (Fsp3) is 0.263. The van der Waals surface area contributed by atoms with E-state index in [2.05, 4.69) is 15.4 Å². The molecule has 9 nitrogen and oxygen atoms in total. The van der Waals surface area contributed by atoms with Crippen molar-refractivity contribution in [3.05, 3.63) is 54.1 Å². The lowest BCUT2D eigenvalue weighted by atomic mass is 10.3. The lowest BCUT2D eigenvalue weighted by Crippen LogP contribution is -2.51. The van der Waals surface area contributed by atoms with E-state index >= 15 is 0 Å². The van der Waals surface area contributed by atoms with Crippen LogP contribution in [0.3, 0.4) is 0 Å². The average Bonchev–Trinajstić information content (AvgIpc) is 3.18. The van der Waals surface area contributed by atoms with E-state index in [1.807, 2.05) is 0 Å². The summed E-state index contributed by atoms with van der Waals surface area (Å²) in [5, 5.41) is 6.98. The molecule has 0 bridgehead atoms. The highest BCUT2D eigenvalue weighted by Crippen LogP contribution is 2.15. The first-order chi connectivity index (χ1) is 14.0. The Morgan fingerprint density at radius 2 is 1.72 bits per heavy atom. The molecule has 1 aliphatic rings. The summed E-state index contributed by atoms with van der Waals surface area (Å²) in [6, 6.07) is 8.67. The van der Waals surface area contributed by atoms with Crippen LogP contribution >= 0.6 is 0 Å². The number of imidazole rings is 1. The van der Waals surface area contributed by atoms with Crippen LogP contribution in [-0.2, 0) is 0 Å². The van der Waals surface area contributed by atoms with E-state index in [-0.39, 0.29) is 17.8 Å². The number of methoxy groups -OCH3 is 1. The zero-order chi connectivity index (χ0) is 20.4. The van der Waals surface area contributed by atoms with Crippen LogP contribution in [-0.4, -0.2) is 69.6 Å². The SMILES string of the molecule is COc1ccc2ncc(C(=O)N3CCN(C(=O)Nc4ccc(F)cc4)CC3)n2n1. The Kier molecular flexibility index (Phi) is 4.98. The number of carbonyl (C=O) groups excluding carboxylic acids is 2. The van der Waals surface area contributed by atoms with Gasteiger partial charge in [-0.3, -0.25) is 4.79 Å². The summed E-state index contributed by atoms with van der Waals surface area (Å²) in [6.45, 7) is 1.53. The molecule has 3 heterocycles. The molecule has 0 radical (unpaired) electrons. The monoisotopic (exact) mass is 398 g/mol. The number of urea groups is 1. The number of benzene rings is 1. The van der Waals surface area contributed by atoms with Crippen LogP contribution in [0.2, 0.25) is 0 Å². The van der Waals surface area contributed by atoms with Gasteiger partial charge in [0.25, 0.3) is 5.91 Å². The van der Waals surface area contributed by atoms with E-state index in [9.17, 15) is 14.0 Å². The van der Waals surface area contributed by atoms with Gasteiger partial charge in [0.1, 0.15) is 5.82 Å². The normalized spacial score (nSPS) is 14.1. The molecule has 1 aromatic carbocycles. The Morgan fingerprint density at radius 1 is 1.03 bits per heavy atom. The molecule has 10 heteroatoms. The van der Waals surface area contributed by atoms with Crippen molar-refractivity contribution in [2.75, 3.05) is 38.6 Å². The minimum Gasteiger partial charge on any atom is -0.480 e. The van der Waals surface area contributed by atoms with Crippen molar-refractivity contribution in [1.82, 2.24) is 24.4 Å². The molecule has 0 aliphatic carbocycles. The topological polar surface area (TPSA) is 92.1 Å². The summed E-state index contributed by atoms with van der Waals surface area (Å²) in [7, 11) is 1.50. The number of hydrogen-bond donors (Lipinski definition) is 1. The Morgan fingerprint density at radius 3 is 2.41 bits per heavy atom. The van der Waals surface area contributed by atoms with Crippen LogP contribution in [0.5, 0.6) is 5.88 Å². The van der Waals surface area contributed by atoms with Gasteiger partial charge < -0.3 is 19.9 Å². The predicted octanol–water partition coefficient (Wildman–Crippen LogP) is 1.87. The quantitative estimate of drug-likeness (QED) is 0.727. The molecule has 4 rings (SSSR count). The molecule has 0 saturated carbocycles. The zero-order valence-corrected chi connectivity index (χ0v) is 15.7. The van der Waals surface area contributed by atoms with Gasteiger partial charge in [-0.1, -0.05) is 0 Å². The van der Waals surface area contributed by atoms with Gasteiger partial charge in [0.05, 0.1) is 13.3 Å².